The van der Waals surface area contributed by atoms with Crippen LogP contribution in [0.25, 0.3) is 0 Å². The fraction of sp³-hybridized carbons (Fsp3) is 0.231. The number of carbonyl (C=O) groups excluding carboxylic acids is 1. The van der Waals surface area contributed by atoms with Crippen molar-refractivity contribution in [3.63, 3.8) is 0 Å². The first-order chi connectivity index (χ1) is 8.61. The van der Waals surface area contributed by atoms with E-state index in [2.05, 4.69) is 15.5 Å². The van der Waals surface area contributed by atoms with Gasteiger partial charge >= 0.3 is 0 Å². The Morgan fingerprint density at radius 2 is 2.17 bits per heavy atom. The summed E-state index contributed by atoms with van der Waals surface area (Å²) in [6.45, 7) is 3.66. The molecule has 5 heteroatoms. The molecule has 2 aromatic rings. The molecule has 0 saturated carbocycles. The summed E-state index contributed by atoms with van der Waals surface area (Å²) in [5, 5.41) is 9.72. The Balaban J connectivity index is 2.21. The van der Waals surface area contributed by atoms with E-state index in [4.69, 9.17) is 0 Å². The van der Waals surface area contributed by atoms with Crippen LogP contribution in [0.3, 0.4) is 0 Å². The summed E-state index contributed by atoms with van der Waals surface area (Å²) in [4.78, 5) is 13.3. The maximum absolute atomic E-state index is 12.1. The molecule has 1 aromatic heterocycles. The zero-order valence-corrected chi connectivity index (χ0v) is 11.4. The van der Waals surface area contributed by atoms with Gasteiger partial charge in [-0.1, -0.05) is 6.07 Å². The molecular formula is C13H15N3OS. The van der Waals surface area contributed by atoms with Crippen LogP contribution in [0.15, 0.2) is 29.2 Å². The van der Waals surface area contributed by atoms with E-state index in [0.717, 1.165) is 16.3 Å². The van der Waals surface area contributed by atoms with Crippen LogP contribution < -0.4 is 5.32 Å². The molecule has 0 saturated heterocycles. The van der Waals surface area contributed by atoms with Gasteiger partial charge in [-0.3, -0.25) is 9.89 Å². The number of aryl methyl sites for hydroxylation is 2. The van der Waals surface area contributed by atoms with Crippen LogP contribution >= 0.6 is 11.8 Å². The van der Waals surface area contributed by atoms with E-state index in [0.29, 0.717) is 11.3 Å². The molecule has 0 unspecified atom stereocenters. The first-order valence-corrected chi connectivity index (χ1v) is 6.81. The van der Waals surface area contributed by atoms with E-state index < -0.39 is 0 Å². The first-order valence-electron chi connectivity index (χ1n) is 5.59. The van der Waals surface area contributed by atoms with Crippen molar-refractivity contribution in [1.29, 1.82) is 0 Å². The molecule has 1 heterocycles. The van der Waals surface area contributed by atoms with E-state index in [1.807, 2.05) is 44.4 Å². The van der Waals surface area contributed by atoms with Crippen molar-refractivity contribution in [2.75, 3.05) is 11.6 Å². The number of rotatable bonds is 3. The molecule has 1 amide bonds. The molecule has 94 valence electrons. The van der Waals surface area contributed by atoms with Crippen LogP contribution in [-0.4, -0.2) is 22.4 Å². The molecule has 1 aromatic carbocycles. The highest BCUT2D eigenvalue weighted by atomic mass is 32.2. The fourth-order valence-corrected chi connectivity index (χ4v) is 2.24. The monoisotopic (exact) mass is 261 g/mol. The van der Waals surface area contributed by atoms with Gasteiger partial charge in [-0.2, -0.15) is 5.10 Å². The topological polar surface area (TPSA) is 57.8 Å². The van der Waals surface area contributed by atoms with Crippen LogP contribution in [0, 0.1) is 13.8 Å². The fourth-order valence-electron chi connectivity index (χ4n) is 1.78. The van der Waals surface area contributed by atoms with Gasteiger partial charge in [0, 0.05) is 16.3 Å². The highest BCUT2D eigenvalue weighted by molar-refractivity contribution is 7.98. The third-order valence-corrected chi connectivity index (χ3v) is 3.41. The van der Waals surface area contributed by atoms with Gasteiger partial charge in [0.25, 0.3) is 5.91 Å². The van der Waals surface area contributed by atoms with E-state index in [-0.39, 0.29) is 5.91 Å². The van der Waals surface area contributed by atoms with Gasteiger partial charge in [0.05, 0.1) is 11.3 Å². The van der Waals surface area contributed by atoms with Crippen molar-refractivity contribution in [3.05, 3.63) is 41.2 Å². The minimum atomic E-state index is -0.128. The van der Waals surface area contributed by atoms with Gasteiger partial charge in [-0.15, -0.1) is 11.8 Å². The summed E-state index contributed by atoms with van der Waals surface area (Å²) in [5.74, 6) is -0.128. The van der Waals surface area contributed by atoms with E-state index in [1.54, 1.807) is 11.8 Å². The third-order valence-electron chi connectivity index (χ3n) is 2.68. The standard InChI is InChI=1S/C13H15N3OS/c1-8-12(9(2)16-15-8)13(17)14-10-5-4-6-11(7-10)18-3/h4-7H,1-3H3,(H,14,17)(H,15,16). The van der Waals surface area contributed by atoms with Crippen LogP contribution in [0.2, 0.25) is 0 Å². The minimum Gasteiger partial charge on any atom is -0.322 e. The number of anilines is 1. The molecule has 2 N–H and O–H groups in total. The van der Waals surface area contributed by atoms with Crippen molar-refractivity contribution in [3.8, 4) is 0 Å². The van der Waals surface area contributed by atoms with Gasteiger partial charge in [0.2, 0.25) is 0 Å². The zero-order chi connectivity index (χ0) is 13.1. The Morgan fingerprint density at radius 1 is 1.39 bits per heavy atom. The Labute approximate surface area is 110 Å². The normalized spacial score (nSPS) is 10.4. The number of H-pyrrole nitrogens is 1. The molecular weight excluding hydrogens is 246 g/mol. The third kappa shape index (κ3) is 2.56. The number of hydrogen-bond donors (Lipinski definition) is 2. The molecule has 0 aliphatic rings. The lowest BCUT2D eigenvalue weighted by Gasteiger charge is -2.06. The molecule has 0 fully saturated rings. The van der Waals surface area contributed by atoms with Crippen molar-refractivity contribution in [2.24, 2.45) is 0 Å². The second-order valence-electron chi connectivity index (χ2n) is 4.00. The number of thioether (sulfide) groups is 1. The lowest BCUT2D eigenvalue weighted by Crippen LogP contribution is -2.13. The second-order valence-corrected chi connectivity index (χ2v) is 4.87. The van der Waals surface area contributed by atoms with Crippen molar-refractivity contribution >= 4 is 23.4 Å². The number of carbonyl (C=O) groups is 1. The summed E-state index contributed by atoms with van der Waals surface area (Å²) in [7, 11) is 0. The molecule has 18 heavy (non-hydrogen) atoms. The van der Waals surface area contributed by atoms with E-state index >= 15 is 0 Å². The SMILES string of the molecule is CSc1cccc(NC(=O)c2c(C)n[nH]c2C)c1. The number of aromatic amines is 1. The average Bonchev–Trinajstić information content (AvgIpc) is 2.69. The quantitative estimate of drug-likeness (QED) is 0.835. The number of hydrogen-bond acceptors (Lipinski definition) is 3. The molecule has 0 aliphatic heterocycles. The van der Waals surface area contributed by atoms with Gasteiger partial charge < -0.3 is 5.32 Å². The largest absolute Gasteiger partial charge is 0.322 e. The summed E-state index contributed by atoms with van der Waals surface area (Å²) < 4.78 is 0. The van der Waals surface area contributed by atoms with Crippen molar-refractivity contribution in [2.45, 2.75) is 18.7 Å². The Kier molecular flexibility index (Phi) is 3.72. The summed E-state index contributed by atoms with van der Waals surface area (Å²) in [5.41, 5.74) is 2.91. The molecule has 0 radical (unpaired) electrons. The summed E-state index contributed by atoms with van der Waals surface area (Å²) in [6.07, 6.45) is 2.01. The zero-order valence-electron chi connectivity index (χ0n) is 10.6. The molecule has 0 atom stereocenters. The molecule has 4 nitrogen and oxygen atoms in total. The Hall–Kier alpha value is -1.75. The summed E-state index contributed by atoms with van der Waals surface area (Å²) in [6, 6.07) is 7.76. The Morgan fingerprint density at radius 3 is 2.78 bits per heavy atom. The lowest BCUT2D eigenvalue weighted by molar-refractivity contribution is 0.102. The van der Waals surface area contributed by atoms with Gasteiger partial charge in [0.15, 0.2) is 0 Å². The van der Waals surface area contributed by atoms with Crippen LogP contribution in [0.5, 0.6) is 0 Å². The van der Waals surface area contributed by atoms with E-state index in [1.165, 1.54) is 0 Å². The number of nitrogens with one attached hydrogen (secondary N) is 2. The van der Waals surface area contributed by atoms with Gasteiger partial charge in [-0.25, -0.2) is 0 Å². The van der Waals surface area contributed by atoms with Crippen LogP contribution in [0.4, 0.5) is 5.69 Å². The maximum atomic E-state index is 12.1. The lowest BCUT2D eigenvalue weighted by atomic mass is 10.2. The molecule has 0 bridgehead atoms. The van der Waals surface area contributed by atoms with E-state index in [9.17, 15) is 4.79 Å². The van der Waals surface area contributed by atoms with Gasteiger partial charge in [-0.05, 0) is 38.3 Å². The predicted molar refractivity (Wildman–Crippen MR) is 74.2 cm³/mol. The minimum absolute atomic E-state index is 0.128. The van der Waals surface area contributed by atoms with Crippen LogP contribution in [-0.2, 0) is 0 Å². The summed E-state index contributed by atoms with van der Waals surface area (Å²) >= 11 is 1.64. The van der Waals surface area contributed by atoms with Crippen molar-refractivity contribution in [1.82, 2.24) is 10.2 Å². The van der Waals surface area contributed by atoms with Crippen LogP contribution in [0.1, 0.15) is 21.7 Å². The number of benzene rings is 1. The number of amides is 1. The molecule has 2 rings (SSSR count). The maximum Gasteiger partial charge on any atom is 0.259 e. The predicted octanol–water partition coefficient (Wildman–Crippen LogP) is 3.00. The number of aromatic nitrogens is 2. The highest BCUT2D eigenvalue weighted by Gasteiger charge is 2.15. The molecule has 0 spiro atoms. The number of nitrogens with zero attached hydrogens (tertiary/aromatic N) is 1. The Bertz CT molecular complexity index is 558. The first kappa shape index (κ1) is 12.7. The second kappa shape index (κ2) is 5.27. The smallest absolute Gasteiger partial charge is 0.259 e. The van der Waals surface area contributed by atoms with Gasteiger partial charge in [0.1, 0.15) is 0 Å². The average molecular weight is 261 g/mol. The molecule has 0 aliphatic carbocycles. The van der Waals surface area contributed by atoms with Crippen molar-refractivity contribution < 1.29 is 4.79 Å². The highest BCUT2D eigenvalue weighted by Crippen LogP contribution is 2.20.